The zero-order valence-electron chi connectivity index (χ0n) is 12.6. The second-order valence-corrected chi connectivity index (χ2v) is 6.93. The summed E-state index contributed by atoms with van der Waals surface area (Å²) in [6, 6.07) is 5.70. The molecule has 1 aromatic rings. The largest absolute Gasteiger partial charge is 0.479 e. The third-order valence-electron chi connectivity index (χ3n) is 5.47. The number of aliphatic hydroxyl groups is 1. The molecule has 0 aromatic heterocycles. The van der Waals surface area contributed by atoms with Crippen LogP contribution in [0.2, 0.25) is 0 Å². The van der Waals surface area contributed by atoms with Gasteiger partial charge in [0.2, 0.25) is 0 Å². The van der Waals surface area contributed by atoms with Crippen LogP contribution in [0.1, 0.15) is 55.7 Å². The van der Waals surface area contributed by atoms with E-state index in [1.54, 1.807) is 6.07 Å². The second kappa shape index (κ2) is 5.45. The number of hydrogen-bond acceptors (Lipinski definition) is 2. The Labute approximate surface area is 126 Å². The normalized spacial score (nSPS) is 25.3. The van der Waals surface area contributed by atoms with Crippen molar-refractivity contribution in [2.24, 2.45) is 11.8 Å². The topological polar surface area (TPSA) is 57.5 Å². The molecule has 0 amide bonds. The van der Waals surface area contributed by atoms with Gasteiger partial charge in [0.15, 0.2) is 5.60 Å². The van der Waals surface area contributed by atoms with E-state index in [0.29, 0.717) is 11.5 Å². The van der Waals surface area contributed by atoms with Crippen LogP contribution in [0.5, 0.6) is 0 Å². The standard InChI is InChI=1S/C18H24O3/c1-18(21,17(19)20)16-8-7-13-9-14(10-15(13)11-16)12-5-3-2-4-6-12/h7-8,11-12,14,21H,2-6,9-10H2,1H3,(H,19,20)/t14-,18-/m0/s1. The van der Waals surface area contributed by atoms with Gasteiger partial charge >= 0.3 is 5.97 Å². The fourth-order valence-corrected chi connectivity index (χ4v) is 4.02. The van der Waals surface area contributed by atoms with Crippen LogP contribution in [-0.4, -0.2) is 16.2 Å². The highest BCUT2D eigenvalue weighted by molar-refractivity contribution is 5.78. The molecule has 0 aliphatic heterocycles. The molecule has 3 heteroatoms. The number of aliphatic carboxylic acids is 1. The third kappa shape index (κ3) is 2.71. The predicted molar refractivity (Wildman–Crippen MR) is 81.1 cm³/mol. The summed E-state index contributed by atoms with van der Waals surface area (Å²) in [5.74, 6) is 0.351. The van der Waals surface area contributed by atoms with Crippen molar-refractivity contribution in [2.45, 2.75) is 57.5 Å². The minimum Gasteiger partial charge on any atom is -0.479 e. The molecule has 0 bridgehead atoms. The number of fused-ring (bicyclic) bond motifs is 1. The average Bonchev–Trinajstić information content (AvgIpc) is 2.91. The maximum atomic E-state index is 11.2. The molecule has 1 fully saturated rings. The quantitative estimate of drug-likeness (QED) is 0.897. The summed E-state index contributed by atoms with van der Waals surface area (Å²) in [6.07, 6.45) is 8.95. The molecular weight excluding hydrogens is 264 g/mol. The summed E-state index contributed by atoms with van der Waals surface area (Å²) < 4.78 is 0. The van der Waals surface area contributed by atoms with Gasteiger partial charge in [-0.1, -0.05) is 50.3 Å². The van der Waals surface area contributed by atoms with Gasteiger partial charge in [0.1, 0.15) is 0 Å². The summed E-state index contributed by atoms with van der Waals surface area (Å²) in [5, 5.41) is 19.3. The monoisotopic (exact) mass is 288 g/mol. The summed E-state index contributed by atoms with van der Waals surface area (Å²) >= 11 is 0. The Kier molecular flexibility index (Phi) is 3.78. The van der Waals surface area contributed by atoms with E-state index in [1.165, 1.54) is 50.2 Å². The molecule has 3 rings (SSSR count). The first-order chi connectivity index (χ1) is 9.98. The van der Waals surface area contributed by atoms with E-state index in [2.05, 4.69) is 0 Å². The number of rotatable bonds is 3. The molecule has 0 saturated heterocycles. The van der Waals surface area contributed by atoms with Crippen LogP contribution in [0.25, 0.3) is 0 Å². The average molecular weight is 288 g/mol. The predicted octanol–water partition coefficient (Wildman–Crippen LogP) is 3.27. The molecule has 1 aromatic carbocycles. The van der Waals surface area contributed by atoms with Gasteiger partial charge < -0.3 is 10.2 Å². The Morgan fingerprint density at radius 2 is 1.76 bits per heavy atom. The van der Waals surface area contributed by atoms with Crippen LogP contribution in [-0.2, 0) is 23.2 Å². The molecule has 0 spiro atoms. The summed E-state index contributed by atoms with van der Waals surface area (Å²) in [4.78, 5) is 11.2. The van der Waals surface area contributed by atoms with Crippen molar-refractivity contribution in [2.75, 3.05) is 0 Å². The zero-order chi connectivity index (χ0) is 15.0. The van der Waals surface area contributed by atoms with Gasteiger partial charge in [-0.15, -0.1) is 0 Å². The van der Waals surface area contributed by atoms with Crippen LogP contribution >= 0.6 is 0 Å². The Morgan fingerprint density at radius 1 is 1.10 bits per heavy atom. The molecule has 21 heavy (non-hydrogen) atoms. The minimum absolute atomic E-state index is 0.498. The van der Waals surface area contributed by atoms with Crippen LogP contribution in [0.4, 0.5) is 0 Å². The molecular formula is C18H24O3. The molecule has 3 nitrogen and oxygen atoms in total. The van der Waals surface area contributed by atoms with Gasteiger partial charge in [-0.25, -0.2) is 4.79 Å². The Bertz CT molecular complexity index is 541. The molecule has 2 N–H and O–H groups in total. The minimum atomic E-state index is -1.79. The van der Waals surface area contributed by atoms with Crippen molar-refractivity contribution < 1.29 is 15.0 Å². The Morgan fingerprint density at radius 3 is 2.43 bits per heavy atom. The number of carbonyl (C=O) groups is 1. The molecule has 114 valence electrons. The molecule has 1 saturated carbocycles. The van der Waals surface area contributed by atoms with Crippen molar-refractivity contribution >= 4 is 5.97 Å². The van der Waals surface area contributed by atoms with Gasteiger partial charge in [0.05, 0.1) is 0 Å². The third-order valence-corrected chi connectivity index (χ3v) is 5.47. The summed E-state index contributed by atoms with van der Waals surface area (Å²) in [7, 11) is 0. The lowest BCUT2D eigenvalue weighted by atomic mass is 9.79. The van der Waals surface area contributed by atoms with Crippen LogP contribution in [0, 0.1) is 11.8 Å². The van der Waals surface area contributed by atoms with Gasteiger partial charge in [0.25, 0.3) is 0 Å². The molecule has 2 atom stereocenters. The smallest absolute Gasteiger partial charge is 0.340 e. The van der Waals surface area contributed by atoms with E-state index in [0.717, 1.165) is 18.8 Å². The van der Waals surface area contributed by atoms with E-state index in [-0.39, 0.29) is 0 Å². The summed E-state index contributed by atoms with van der Waals surface area (Å²) in [6.45, 7) is 1.35. The Balaban J connectivity index is 1.79. The Hall–Kier alpha value is -1.35. The van der Waals surface area contributed by atoms with E-state index >= 15 is 0 Å². The van der Waals surface area contributed by atoms with E-state index in [1.807, 2.05) is 12.1 Å². The van der Waals surface area contributed by atoms with Crippen molar-refractivity contribution in [3.05, 3.63) is 34.9 Å². The number of carboxylic acids is 1. The van der Waals surface area contributed by atoms with Gasteiger partial charge in [-0.05, 0) is 48.3 Å². The van der Waals surface area contributed by atoms with Gasteiger partial charge in [-0.3, -0.25) is 0 Å². The maximum Gasteiger partial charge on any atom is 0.340 e. The second-order valence-electron chi connectivity index (χ2n) is 6.93. The lowest BCUT2D eigenvalue weighted by molar-refractivity contribution is -0.157. The van der Waals surface area contributed by atoms with E-state index in [9.17, 15) is 9.90 Å². The SMILES string of the molecule is C[C@@](O)(C(=O)O)c1ccc2c(c1)C[C@@H](C1CCCCC1)C2. The van der Waals surface area contributed by atoms with E-state index in [4.69, 9.17) is 5.11 Å². The van der Waals surface area contributed by atoms with Crippen LogP contribution < -0.4 is 0 Å². The fourth-order valence-electron chi connectivity index (χ4n) is 4.02. The van der Waals surface area contributed by atoms with Crippen molar-refractivity contribution in [1.29, 1.82) is 0 Å². The lowest BCUT2D eigenvalue weighted by Gasteiger charge is -2.27. The lowest BCUT2D eigenvalue weighted by Crippen LogP contribution is -2.31. The molecule has 2 aliphatic rings. The highest BCUT2D eigenvalue weighted by atomic mass is 16.4. The van der Waals surface area contributed by atoms with Gasteiger partial charge in [0, 0.05) is 0 Å². The highest BCUT2D eigenvalue weighted by Crippen LogP contribution is 2.39. The van der Waals surface area contributed by atoms with Crippen molar-refractivity contribution in [3.63, 3.8) is 0 Å². The van der Waals surface area contributed by atoms with Crippen molar-refractivity contribution in [1.82, 2.24) is 0 Å². The van der Waals surface area contributed by atoms with E-state index < -0.39 is 11.6 Å². The van der Waals surface area contributed by atoms with Crippen molar-refractivity contribution in [3.8, 4) is 0 Å². The molecule has 2 aliphatic carbocycles. The van der Waals surface area contributed by atoms with Crippen LogP contribution in [0.15, 0.2) is 18.2 Å². The molecule has 0 radical (unpaired) electrons. The first-order valence-corrected chi connectivity index (χ1v) is 8.06. The first-order valence-electron chi connectivity index (χ1n) is 8.06. The number of carboxylic acid groups (broad SMARTS) is 1. The van der Waals surface area contributed by atoms with Gasteiger partial charge in [-0.2, -0.15) is 0 Å². The number of hydrogen-bond donors (Lipinski definition) is 2. The van der Waals surface area contributed by atoms with Crippen LogP contribution in [0.3, 0.4) is 0 Å². The highest BCUT2D eigenvalue weighted by Gasteiger charge is 2.35. The summed E-state index contributed by atoms with van der Waals surface area (Å²) in [5.41, 5.74) is 1.29. The number of benzene rings is 1. The first kappa shape index (κ1) is 14.6. The zero-order valence-corrected chi connectivity index (χ0v) is 12.6. The fraction of sp³-hybridized carbons (Fsp3) is 0.611. The maximum absolute atomic E-state index is 11.2. The molecule has 0 unspecified atom stereocenters. The molecule has 0 heterocycles.